The van der Waals surface area contributed by atoms with Crippen LogP contribution < -0.4 is 4.90 Å². The second-order valence-corrected chi connectivity index (χ2v) is 9.65. The quantitative estimate of drug-likeness (QED) is 0.345. The maximum Gasteiger partial charge on any atom is 0.418 e. The Labute approximate surface area is 186 Å². The van der Waals surface area contributed by atoms with Gasteiger partial charge in [0, 0.05) is 49.3 Å². The van der Waals surface area contributed by atoms with E-state index in [4.69, 9.17) is 0 Å². The van der Waals surface area contributed by atoms with Crippen molar-refractivity contribution in [2.75, 3.05) is 38.1 Å². The summed E-state index contributed by atoms with van der Waals surface area (Å²) in [6, 6.07) is 13.6. The highest BCUT2D eigenvalue weighted by Crippen LogP contribution is 2.46. The summed E-state index contributed by atoms with van der Waals surface area (Å²) in [5.41, 5.74) is 0.122. The summed E-state index contributed by atoms with van der Waals surface area (Å²) in [6.45, 7) is 4.23. The first-order valence-electron chi connectivity index (χ1n) is 11.1. The Bertz CT molecular complexity index is 960. The minimum absolute atomic E-state index is 0.0541. The van der Waals surface area contributed by atoms with E-state index in [1.807, 2.05) is 6.07 Å². The van der Waals surface area contributed by atoms with E-state index >= 15 is 0 Å². The Hall–Kier alpha value is -2.61. The highest BCUT2D eigenvalue weighted by atomic mass is 19.4. The van der Waals surface area contributed by atoms with Crippen molar-refractivity contribution in [1.29, 1.82) is 0 Å². The third-order valence-electron chi connectivity index (χ3n) is 7.43. The Morgan fingerprint density at radius 2 is 1.66 bits per heavy atom. The Morgan fingerprint density at radius 3 is 2.22 bits per heavy atom. The number of halogens is 3. The minimum Gasteiger partial charge on any atom is -0.371 e. The fourth-order valence-corrected chi connectivity index (χ4v) is 5.30. The lowest BCUT2D eigenvalue weighted by Crippen LogP contribution is -2.54. The molecule has 2 aliphatic heterocycles. The van der Waals surface area contributed by atoms with Gasteiger partial charge in [-0.1, -0.05) is 30.3 Å². The summed E-state index contributed by atoms with van der Waals surface area (Å²) in [4.78, 5) is 11.9. The van der Waals surface area contributed by atoms with E-state index in [0.717, 1.165) is 49.8 Å². The molecule has 0 bridgehead atoms. The van der Waals surface area contributed by atoms with Gasteiger partial charge >= 0.3 is 6.18 Å². The number of non-ortho nitro benzene ring substituents is 1. The molecule has 0 saturated carbocycles. The molecule has 1 spiro atoms. The van der Waals surface area contributed by atoms with Crippen LogP contribution in [0.3, 0.4) is 0 Å². The van der Waals surface area contributed by atoms with Crippen molar-refractivity contribution in [1.82, 2.24) is 0 Å². The number of anilines is 1. The topological polar surface area (TPSA) is 46.4 Å². The molecule has 2 aliphatic rings. The van der Waals surface area contributed by atoms with Gasteiger partial charge < -0.3 is 9.38 Å². The molecule has 2 heterocycles. The van der Waals surface area contributed by atoms with E-state index < -0.39 is 22.4 Å². The molecule has 2 aromatic carbocycles. The maximum absolute atomic E-state index is 13.6. The number of hydrogen-bond acceptors (Lipinski definition) is 3. The number of quaternary nitrogens is 1. The molecule has 8 heteroatoms. The lowest BCUT2D eigenvalue weighted by Gasteiger charge is -2.50. The third kappa shape index (κ3) is 4.75. The summed E-state index contributed by atoms with van der Waals surface area (Å²) in [5, 5.41) is 11.0. The van der Waals surface area contributed by atoms with Gasteiger partial charge in [-0.25, -0.2) is 0 Å². The number of nitrogens with zero attached hydrogens (tertiary/aromatic N) is 3. The van der Waals surface area contributed by atoms with Crippen LogP contribution in [-0.2, 0) is 12.7 Å². The second kappa shape index (κ2) is 8.39. The summed E-state index contributed by atoms with van der Waals surface area (Å²) in [7, 11) is 2.29. The van der Waals surface area contributed by atoms with E-state index in [0.29, 0.717) is 19.2 Å². The van der Waals surface area contributed by atoms with Gasteiger partial charge in [0.25, 0.3) is 5.69 Å². The molecule has 0 aliphatic carbocycles. The van der Waals surface area contributed by atoms with Gasteiger partial charge in [-0.05, 0) is 24.3 Å². The summed E-state index contributed by atoms with van der Waals surface area (Å²) < 4.78 is 41.8. The van der Waals surface area contributed by atoms with Crippen molar-refractivity contribution in [3.8, 4) is 0 Å². The first-order chi connectivity index (χ1) is 15.1. The zero-order valence-corrected chi connectivity index (χ0v) is 18.3. The Kier molecular flexibility index (Phi) is 5.92. The van der Waals surface area contributed by atoms with E-state index in [1.54, 1.807) is 4.90 Å². The van der Waals surface area contributed by atoms with Crippen LogP contribution in [-0.4, -0.2) is 42.6 Å². The molecule has 2 saturated heterocycles. The Balaban J connectivity index is 1.42. The van der Waals surface area contributed by atoms with E-state index in [1.165, 1.54) is 17.7 Å². The monoisotopic (exact) mass is 448 g/mol. The lowest BCUT2D eigenvalue weighted by atomic mass is 9.70. The number of benzene rings is 2. The molecule has 0 unspecified atom stereocenters. The van der Waals surface area contributed by atoms with Gasteiger partial charge in [0.15, 0.2) is 0 Å². The molecule has 0 atom stereocenters. The molecule has 4 rings (SSSR count). The van der Waals surface area contributed by atoms with Gasteiger partial charge in [0.2, 0.25) is 0 Å². The van der Waals surface area contributed by atoms with Crippen LogP contribution in [0.15, 0.2) is 48.5 Å². The SMILES string of the molecule is C[N+]1(Cc2ccccc2)CCC2(CCN(c3ccc([N+](=O)[O-])cc3C(F)(F)F)CC2)CC1. The first kappa shape index (κ1) is 22.6. The van der Waals surface area contributed by atoms with Crippen molar-refractivity contribution in [3.05, 3.63) is 69.8 Å². The average molecular weight is 449 g/mol. The Morgan fingerprint density at radius 1 is 1.03 bits per heavy atom. The number of alkyl halides is 3. The molecule has 0 amide bonds. The van der Waals surface area contributed by atoms with Crippen LogP contribution in [0.2, 0.25) is 0 Å². The molecule has 2 fully saturated rings. The third-order valence-corrected chi connectivity index (χ3v) is 7.43. The highest BCUT2D eigenvalue weighted by Gasteiger charge is 2.44. The standard InChI is InChI=1S/C24H29F3N3O2/c1-30(18-19-5-3-2-4-6-19)15-11-23(12-16-30)9-13-28(14-10-23)22-8-7-20(29(31)32)17-21(22)24(25,26)27/h2-8,17H,9-16,18H2,1H3/q+1. The van der Waals surface area contributed by atoms with Crippen molar-refractivity contribution >= 4 is 11.4 Å². The summed E-state index contributed by atoms with van der Waals surface area (Å²) >= 11 is 0. The minimum atomic E-state index is -4.63. The van der Waals surface area contributed by atoms with Gasteiger partial charge in [0.05, 0.1) is 30.6 Å². The van der Waals surface area contributed by atoms with Gasteiger partial charge in [-0.15, -0.1) is 0 Å². The number of nitro groups is 1. The molecular formula is C24H29F3N3O2+. The molecule has 0 radical (unpaired) electrons. The van der Waals surface area contributed by atoms with Crippen molar-refractivity contribution in [2.24, 2.45) is 5.41 Å². The first-order valence-corrected chi connectivity index (χ1v) is 11.1. The van der Waals surface area contributed by atoms with Gasteiger partial charge in [-0.3, -0.25) is 10.1 Å². The normalized spacial score (nSPS) is 20.3. The van der Waals surface area contributed by atoms with E-state index in [9.17, 15) is 23.3 Å². The van der Waals surface area contributed by atoms with Crippen LogP contribution in [0.25, 0.3) is 0 Å². The van der Waals surface area contributed by atoms with Crippen molar-refractivity contribution in [2.45, 2.75) is 38.4 Å². The zero-order chi connectivity index (χ0) is 23.0. The van der Waals surface area contributed by atoms with Crippen molar-refractivity contribution in [3.63, 3.8) is 0 Å². The van der Waals surface area contributed by atoms with Crippen LogP contribution in [0, 0.1) is 15.5 Å². The molecule has 0 aromatic heterocycles. The second-order valence-electron chi connectivity index (χ2n) is 9.65. The van der Waals surface area contributed by atoms with E-state index in [-0.39, 0.29) is 11.1 Å². The van der Waals surface area contributed by atoms with Crippen LogP contribution in [0.4, 0.5) is 24.5 Å². The van der Waals surface area contributed by atoms with Crippen LogP contribution in [0.5, 0.6) is 0 Å². The van der Waals surface area contributed by atoms with Crippen molar-refractivity contribution < 1.29 is 22.6 Å². The molecule has 0 N–H and O–H groups in total. The largest absolute Gasteiger partial charge is 0.418 e. The lowest BCUT2D eigenvalue weighted by molar-refractivity contribution is -0.929. The average Bonchev–Trinajstić information content (AvgIpc) is 2.76. The van der Waals surface area contributed by atoms with Crippen LogP contribution >= 0.6 is 0 Å². The summed E-state index contributed by atoms with van der Waals surface area (Å²) in [5.74, 6) is 0. The molecule has 172 valence electrons. The molecule has 32 heavy (non-hydrogen) atoms. The number of nitro benzene ring substituents is 1. The zero-order valence-electron chi connectivity index (χ0n) is 18.3. The molecule has 2 aromatic rings. The predicted molar refractivity (Wildman–Crippen MR) is 117 cm³/mol. The number of piperidine rings is 2. The molecular weight excluding hydrogens is 419 g/mol. The fraction of sp³-hybridized carbons (Fsp3) is 0.500. The van der Waals surface area contributed by atoms with Gasteiger partial charge in [0.1, 0.15) is 6.54 Å². The number of rotatable bonds is 4. The predicted octanol–water partition coefficient (Wildman–Crippen LogP) is 5.64. The smallest absolute Gasteiger partial charge is 0.371 e. The molecule has 5 nitrogen and oxygen atoms in total. The number of hydrogen-bond donors (Lipinski definition) is 0. The summed E-state index contributed by atoms with van der Waals surface area (Å²) in [6.07, 6.45) is -0.759. The van der Waals surface area contributed by atoms with E-state index in [2.05, 4.69) is 31.3 Å². The highest BCUT2D eigenvalue weighted by molar-refractivity contribution is 5.59. The van der Waals surface area contributed by atoms with Crippen LogP contribution in [0.1, 0.15) is 36.8 Å². The van der Waals surface area contributed by atoms with Gasteiger partial charge in [-0.2, -0.15) is 13.2 Å². The fourth-order valence-electron chi connectivity index (χ4n) is 5.30. The number of likely N-dealkylation sites (tertiary alicyclic amines) is 1. The maximum atomic E-state index is 13.6.